The number of aromatic hydroxyl groups is 1. The number of nitrogen functional groups attached to an aromatic ring is 1. The molecule has 0 saturated heterocycles. The van der Waals surface area contributed by atoms with Crippen LogP contribution < -0.4 is 11.1 Å². The van der Waals surface area contributed by atoms with E-state index in [9.17, 15) is 9.90 Å². The minimum absolute atomic E-state index is 0.0969. The third-order valence-electron chi connectivity index (χ3n) is 2.96. The van der Waals surface area contributed by atoms with Crippen LogP contribution in [0.25, 0.3) is 0 Å². The Labute approximate surface area is 116 Å². The van der Waals surface area contributed by atoms with Crippen LogP contribution in [0.4, 0.5) is 11.4 Å². The standard InChI is InChI=1S/C15H16N2O3/c16-14-6-3-11(9-13(14)15(19)20)17-8-7-10-1-4-12(18)5-2-10/h1-6,9,17-18H,7-8,16H2,(H,19,20). The molecule has 0 bridgehead atoms. The van der Waals surface area contributed by atoms with E-state index < -0.39 is 5.97 Å². The van der Waals surface area contributed by atoms with Crippen molar-refractivity contribution in [2.45, 2.75) is 6.42 Å². The Balaban J connectivity index is 1.96. The molecule has 0 spiro atoms. The van der Waals surface area contributed by atoms with Gasteiger partial charge in [0.05, 0.1) is 5.56 Å². The van der Waals surface area contributed by atoms with Gasteiger partial charge in [-0.3, -0.25) is 0 Å². The van der Waals surface area contributed by atoms with Crippen LogP contribution in [0.2, 0.25) is 0 Å². The zero-order chi connectivity index (χ0) is 14.5. The lowest BCUT2D eigenvalue weighted by molar-refractivity contribution is 0.0698. The molecule has 104 valence electrons. The summed E-state index contributed by atoms with van der Waals surface area (Å²) in [6.07, 6.45) is 0.771. The van der Waals surface area contributed by atoms with Crippen molar-refractivity contribution in [2.75, 3.05) is 17.6 Å². The quantitative estimate of drug-likeness (QED) is 0.626. The van der Waals surface area contributed by atoms with Gasteiger partial charge < -0.3 is 21.3 Å². The number of carboxylic acids is 1. The second-order valence-electron chi connectivity index (χ2n) is 4.45. The van der Waals surface area contributed by atoms with Gasteiger partial charge in [0.2, 0.25) is 0 Å². The molecule has 0 aromatic heterocycles. The van der Waals surface area contributed by atoms with E-state index in [4.69, 9.17) is 10.8 Å². The van der Waals surface area contributed by atoms with Gasteiger partial charge in [0.1, 0.15) is 5.75 Å². The van der Waals surface area contributed by atoms with Gasteiger partial charge in [-0.25, -0.2) is 4.79 Å². The molecule has 5 nitrogen and oxygen atoms in total. The number of carboxylic acid groups (broad SMARTS) is 1. The number of rotatable bonds is 5. The number of benzene rings is 2. The molecule has 0 unspecified atom stereocenters. The molecule has 2 aromatic carbocycles. The Bertz CT molecular complexity index is 609. The molecular weight excluding hydrogens is 256 g/mol. The van der Waals surface area contributed by atoms with Crippen molar-refractivity contribution in [3.05, 3.63) is 53.6 Å². The second kappa shape index (κ2) is 5.97. The average Bonchev–Trinajstić information content (AvgIpc) is 2.42. The van der Waals surface area contributed by atoms with Crippen molar-refractivity contribution < 1.29 is 15.0 Å². The Morgan fingerprint density at radius 1 is 1.15 bits per heavy atom. The summed E-state index contributed by atoms with van der Waals surface area (Å²) in [7, 11) is 0. The molecule has 0 amide bonds. The topological polar surface area (TPSA) is 95.6 Å². The van der Waals surface area contributed by atoms with Crippen molar-refractivity contribution >= 4 is 17.3 Å². The van der Waals surface area contributed by atoms with Gasteiger partial charge in [-0.1, -0.05) is 12.1 Å². The van der Waals surface area contributed by atoms with E-state index >= 15 is 0 Å². The number of nitrogens with two attached hydrogens (primary N) is 1. The normalized spacial score (nSPS) is 10.2. The van der Waals surface area contributed by atoms with Gasteiger partial charge in [0.25, 0.3) is 0 Å². The summed E-state index contributed by atoms with van der Waals surface area (Å²) in [5.41, 5.74) is 7.75. The summed E-state index contributed by atoms with van der Waals surface area (Å²) >= 11 is 0. The van der Waals surface area contributed by atoms with Crippen LogP contribution in [0, 0.1) is 0 Å². The lowest BCUT2D eigenvalue weighted by atomic mass is 10.1. The van der Waals surface area contributed by atoms with Crippen molar-refractivity contribution in [2.24, 2.45) is 0 Å². The predicted octanol–water partition coefficient (Wildman–Crippen LogP) is 2.33. The molecule has 0 aliphatic heterocycles. The molecule has 5 N–H and O–H groups in total. The lowest BCUT2D eigenvalue weighted by Crippen LogP contribution is -2.07. The van der Waals surface area contributed by atoms with E-state index in [0.717, 1.165) is 17.7 Å². The molecule has 2 aromatic rings. The van der Waals surface area contributed by atoms with E-state index in [1.54, 1.807) is 24.3 Å². The fourth-order valence-electron chi connectivity index (χ4n) is 1.87. The Morgan fingerprint density at radius 3 is 2.50 bits per heavy atom. The van der Waals surface area contributed by atoms with E-state index in [0.29, 0.717) is 6.54 Å². The molecule has 20 heavy (non-hydrogen) atoms. The average molecular weight is 272 g/mol. The first-order valence-corrected chi connectivity index (χ1v) is 6.21. The third kappa shape index (κ3) is 3.41. The number of aromatic carboxylic acids is 1. The van der Waals surface area contributed by atoms with Crippen LogP contribution in [0.15, 0.2) is 42.5 Å². The number of phenols is 1. The van der Waals surface area contributed by atoms with E-state index in [-0.39, 0.29) is 17.0 Å². The van der Waals surface area contributed by atoms with Crippen LogP contribution in [-0.4, -0.2) is 22.7 Å². The molecule has 2 rings (SSSR count). The van der Waals surface area contributed by atoms with Gasteiger partial charge in [0, 0.05) is 17.9 Å². The number of carbonyl (C=O) groups is 1. The Kier molecular flexibility index (Phi) is 4.10. The zero-order valence-electron chi connectivity index (χ0n) is 10.8. The summed E-state index contributed by atoms with van der Waals surface area (Å²) in [6.45, 7) is 0.660. The first-order chi connectivity index (χ1) is 9.56. The van der Waals surface area contributed by atoms with E-state index in [1.807, 2.05) is 12.1 Å². The molecule has 0 aliphatic carbocycles. The molecular formula is C15H16N2O3. The van der Waals surface area contributed by atoms with Crippen LogP contribution >= 0.6 is 0 Å². The molecule has 0 heterocycles. The maximum Gasteiger partial charge on any atom is 0.337 e. The number of nitrogens with one attached hydrogen (secondary N) is 1. The van der Waals surface area contributed by atoms with Crippen molar-refractivity contribution in [1.82, 2.24) is 0 Å². The lowest BCUT2D eigenvalue weighted by Gasteiger charge is -2.09. The monoisotopic (exact) mass is 272 g/mol. The molecule has 0 fully saturated rings. The van der Waals surface area contributed by atoms with Gasteiger partial charge in [-0.2, -0.15) is 0 Å². The molecule has 0 saturated carbocycles. The fraction of sp³-hybridized carbons (Fsp3) is 0.133. The Morgan fingerprint density at radius 2 is 1.85 bits per heavy atom. The van der Waals surface area contributed by atoms with Gasteiger partial charge >= 0.3 is 5.97 Å². The van der Waals surface area contributed by atoms with Crippen LogP contribution in [0.1, 0.15) is 15.9 Å². The zero-order valence-corrected chi connectivity index (χ0v) is 10.8. The van der Waals surface area contributed by atoms with E-state index in [2.05, 4.69) is 5.32 Å². The smallest absolute Gasteiger partial charge is 0.337 e. The maximum absolute atomic E-state index is 11.0. The highest BCUT2D eigenvalue weighted by Gasteiger charge is 2.08. The highest BCUT2D eigenvalue weighted by Crippen LogP contribution is 2.18. The van der Waals surface area contributed by atoms with Crippen LogP contribution in [0.3, 0.4) is 0 Å². The van der Waals surface area contributed by atoms with E-state index in [1.165, 1.54) is 6.07 Å². The van der Waals surface area contributed by atoms with Crippen molar-refractivity contribution in [3.8, 4) is 5.75 Å². The largest absolute Gasteiger partial charge is 0.508 e. The van der Waals surface area contributed by atoms with Crippen LogP contribution in [-0.2, 0) is 6.42 Å². The first kappa shape index (κ1) is 13.7. The fourth-order valence-corrected chi connectivity index (χ4v) is 1.87. The van der Waals surface area contributed by atoms with Gasteiger partial charge in [0.15, 0.2) is 0 Å². The van der Waals surface area contributed by atoms with Crippen molar-refractivity contribution in [3.63, 3.8) is 0 Å². The van der Waals surface area contributed by atoms with Crippen molar-refractivity contribution in [1.29, 1.82) is 0 Å². The predicted molar refractivity (Wildman–Crippen MR) is 78.1 cm³/mol. The first-order valence-electron chi connectivity index (χ1n) is 6.21. The second-order valence-corrected chi connectivity index (χ2v) is 4.45. The number of hydrogen-bond acceptors (Lipinski definition) is 4. The summed E-state index contributed by atoms with van der Waals surface area (Å²) in [5.74, 6) is -0.795. The summed E-state index contributed by atoms with van der Waals surface area (Å²) in [6, 6.07) is 11.8. The maximum atomic E-state index is 11.0. The van der Waals surface area contributed by atoms with Gasteiger partial charge in [-0.15, -0.1) is 0 Å². The minimum atomic E-state index is -1.04. The molecule has 0 atom stereocenters. The number of hydrogen-bond donors (Lipinski definition) is 4. The minimum Gasteiger partial charge on any atom is -0.508 e. The summed E-state index contributed by atoms with van der Waals surface area (Å²) < 4.78 is 0. The SMILES string of the molecule is Nc1ccc(NCCc2ccc(O)cc2)cc1C(=O)O. The molecule has 0 aliphatic rings. The number of phenolic OH excluding ortho intramolecular Hbond substituents is 1. The number of anilines is 2. The summed E-state index contributed by atoms with van der Waals surface area (Å²) in [5, 5.41) is 21.3. The molecule has 0 radical (unpaired) electrons. The van der Waals surface area contributed by atoms with Crippen LogP contribution in [0.5, 0.6) is 5.75 Å². The third-order valence-corrected chi connectivity index (χ3v) is 2.96. The van der Waals surface area contributed by atoms with Gasteiger partial charge in [-0.05, 0) is 42.3 Å². The Hall–Kier alpha value is -2.69. The molecule has 5 heteroatoms. The summed E-state index contributed by atoms with van der Waals surface area (Å²) in [4.78, 5) is 11.0. The highest BCUT2D eigenvalue weighted by molar-refractivity contribution is 5.94. The highest BCUT2D eigenvalue weighted by atomic mass is 16.4.